The monoisotopic (exact) mass is 183 g/mol. The molecule has 0 aliphatic rings. The zero-order chi connectivity index (χ0) is 9.14. The molecule has 0 aliphatic carbocycles. The third-order valence-electron chi connectivity index (χ3n) is 1.35. The van der Waals surface area contributed by atoms with Crippen molar-refractivity contribution < 1.29 is 0 Å². The summed E-state index contributed by atoms with van der Waals surface area (Å²) in [6.45, 7) is 1.95. The number of hydrogen-bond donors (Lipinski definition) is 2. The van der Waals surface area contributed by atoms with Crippen LogP contribution in [-0.4, -0.2) is 5.96 Å². The molecule has 12 heavy (non-hydrogen) atoms. The summed E-state index contributed by atoms with van der Waals surface area (Å²) in [5, 5.41) is 0.550. The highest BCUT2D eigenvalue weighted by atomic mass is 35.5. The first kappa shape index (κ1) is 8.87. The molecular weight excluding hydrogens is 174 g/mol. The zero-order valence-corrected chi connectivity index (χ0v) is 7.47. The summed E-state index contributed by atoms with van der Waals surface area (Å²) in [6.07, 6.45) is 0. The molecule has 64 valence electrons. The molecule has 0 amide bonds. The molecule has 0 saturated carbocycles. The highest BCUT2D eigenvalue weighted by Crippen LogP contribution is 2.25. The Balaban J connectivity index is 3.14. The molecule has 0 atom stereocenters. The number of rotatable bonds is 1. The third-order valence-corrected chi connectivity index (χ3v) is 1.67. The van der Waals surface area contributed by atoms with Gasteiger partial charge in [0.05, 0.1) is 10.7 Å². The summed E-state index contributed by atoms with van der Waals surface area (Å²) in [5.41, 5.74) is 12.1. The molecule has 4 N–H and O–H groups in total. The predicted molar refractivity (Wildman–Crippen MR) is 51.7 cm³/mol. The van der Waals surface area contributed by atoms with Gasteiger partial charge in [-0.15, -0.1) is 0 Å². The van der Waals surface area contributed by atoms with Gasteiger partial charge in [-0.3, -0.25) is 0 Å². The van der Waals surface area contributed by atoms with Gasteiger partial charge in [-0.25, -0.2) is 4.99 Å². The van der Waals surface area contributed by atoms with Gasteiger partial charge in [-0.2, -0.15) is 0 Å². The average Bonchev–Trinajstić information content (AvgIpc) is 1.96. The standard InChI is InChI=1S/C8H10ClN3/c1-5-2-3-6(9)7(4-5)12-8(10)11/h2-4H,1H3,(H4,10,11,12). The third kappa shape index (κ3) is 2.13. The van der Waals surface area contributed by atoms with E-state index in [1.54, 1.807) is 6.07 Å². The molecule has 0 bridgehead atoms. The normalized spacial score (nSPS) is 9.50. The van der Waals surface area contributed by atoms with Gasteiger partial charge in [0.1, 0.15) is 0 Å². The SMILES string of the molecule is Cc1ccc(Cl)c(N=C(N)N)c1. The molecular formula is C8H10ClN3. The van der Waals surface area contributed by atoms with Crippen LogP contribution in [0.15, 0.2) is 23.2 Å². The first-order valence-corrected chi connectivity index (χ1v) is 3.83. The minimum Gasteiger partial charge on any atom is -0.370 e. The van der Waals surface area contributed by atoms with Crippen molar-refractivity contribution in [1.29, 1.82) is 0 Å². The quantitative estimate of drug-likeness (QED) is 0.513. The van der Waals surface area contributed by atoms with Crippen LogP contribution in [0.3, 0.4) is 0 Å². The Labute approximate surface area is 76.0 Å². The fourth-order valence-electron chi connectivity index (χ4n) is 0.847. The van der Waals surface area contributed by atoms with E-state index in [9.17, 15) is 0 Å². The minimum absolute atomic E-state index is 0.0162. The van der Waals surface area contributed by atoms with Crippen LogP contribution in [0.2, 0.25) is 5.02 Å². The first-order valence-electron chi connectivity index (χ1n) is 3.45. The molecule has 4 heteroatoms. The maximum absolute atomic E-state index is 5.82. The average molecular weight is 184 g/mol. The topological polar surface area (TPSA) is 64.4 Å². The predicted octanol–water partition coefficient (Wildman–Crippen LogP) is 1.55. The van der Waals surface area contributed by atoms with Crippen LogP contribution in [0.1, 0.15) is 5.56 Å². The van der Waals surface area contributed by atoms with Crippen LogP contribution < -0.4 is 11.5 Å². The van der Waals surface area contributed by atoms with Crippen LogP contribution in [0, 0.1) is 6.92 Å². The molecule has 0 fully saturated rings. The van der Waals surface area contributed by atoms with Gasteiger partial charge in [0, 0.05) is 0 Å². The van der Waals surface area contributed by atoms with Gasteiger partial charge in [-0.1, -0.05) is 17.7 Å². The second kappa shape index (κ2) is 3.45. The summed E-state index contributed by atoms with van der Waals surface area (Å²) in [7, 11) is 0. The van der Waals surface area contributed by atoms with E-state index in [1.165, 1.54) is 0 Å². The molecule has 1 aromatic carbocycles. The van der Waals surface area contributed by atoms with Gasteiger partial charge in [0.2, 0.25) is 0 Å². The van der Waals surface area contributed by atoms with Crippen LogP contribution in [0.4, 0.5) is 5.69 Å². The Bertz CT molecular complexity index is 316. The number of aliphatic imine (C=N–C) groups is 1. The number of benzene rings is 1. The lowest BCUT2D eigenvalue weighted by atomic mass is 10.2. The van der Waals surface area contributed by atoms with Gasteiger partial charge < -0.3 is 11.5 Å². The maximum atomic E-state index is 5.82. The van der Waals surface area contributed by atoms with Gasteiger partial charge >= 0.3 is 0 Å². The number of guanidine groups is 1. The molecule has 0 aromatic heterocycles. The van der Waals surface area contributed by atoms with E-state index in [0.29, 0.717) is 10.7 Å². The summed E-state index contributed by atoms with van der Waals surface area (Å²) < 4.78 is 0. The number of aryl methyl sites for hydroxylation is 1. The van der Waals surface area contributed by atoms with Crippen molar-refractivity contribution in [3.05, 3.63) is 28.8 Å². The highest BCUT2D eigenvalue weighted by molar-refractivity contribution is 6.33. The van der Waals surface area contributed by atoms with Crippen molar-refractivity contribution in [2.75, 3.05) is 0 Å². The minimum atomic E-state index is 0.0162. The van der Waals surface area contributed by atoms with E-state index >= 15 is 0 Å². The lowest BCUT2D eigenvalue weighted by Gasteiger charge is -1.99. The Morgan fingerprint density at radius 2 is 2.08 bits per heavy atom. The maximum Gasteiger partial charge on any atom is 0.191 e. The second-order valence-corrected chi connectivity index (χ2v) is 2.90. The van der Waals surface area contributed by atoms with Crippen LogP contribution in [-0.2, 0) is 0 Å². The van der Waals surface area contributed by atoms with Crippen molar-refractivity contribution in [3.8, 4) is 0 Å². The first-order chi connectivity index (χ1) is 5.59. The van der Waals surface area contributed by atoms with Gasteiger partial charge in [0.25, 0.3) is 0 Å². The second-order valence-electron chi connectivity index (χ2n) is 2.49. The Morgan fingerprint density at radius 3 is 2.67 bits per heavy atom. The molecule has 0 saturated heterocycles. The smallest absolute Gasteiger partial charge is 0.191 e. The fraction of sp³-hybridized carbons (Fsp3) is 0.125. The van der Waals surface area contributed by atoms with E-state index < -0.39 is 0 Å². The molecule has 1 rings (SSSR count). The molecule has 0 spiro atoms. The Morgan fingerprint density at radius 1 is 1.42 bits per heavy atom. The zero-order valence-electron chi connectivity index (χ0n) is 6.71. The van der Waals surface area contributed by atoms with Gasteiger partial charge in [0.15, 0.2) is 5.96 Å². The number of nitrogens with zero attached hydrogens (tertiary/aromatic N) is 1. The molecule has 0 heterocycles. The van der Waals surface area contributed by atoms with Crippen molar-refractivity contribution >= 4 is 23.2 Å². The van der Waals surface area contributed by atoms with Crippen molar-refractivity contribution in [3.63, 3.8) is 0 Å². The van der Waals surface area contributed by atoms with Crippen molar-refractivity contribution in [2.45, 2.75) is 6.92 Å². The van der Waals surface area contributed by atoms with Crippen molar-refractivity contribution in [2.24, 2.45) is 16.5 Å². The summed E-state index contributed by atoms with van der Waals surface area (Å²) in [6, 6.07) is 5.48. The molecule has 3 nitrogen and oxygen atoms in total. The van der Waals surface area contributed by atoms with E-state index in [4.69, 9.17) is 23.1 Å². The van der Waals surface area contributed by atoms with E-state index in [-0.39, 0.29) is 5.96 Å². The summed E-state index contributed by atoms with van der Waals surface area (Å²) >= 11 is 5.82. The Kier molecular flexibility index (Phi) is 2.55. The number of nitrogens with two attached hydrogens (primary N) is 2. The highest BCUT2D eigenvalue weighted by Gasteiger charge is 1.97. The lowest BCUT2D eigenvalue weighted by molar-refractivity contribution is 1.39. The van der Waals surface area contributed by atoms with Crippen LogP contribution in [0.5, 0.6) is 0 Å². The molecule has 0 radical (unpaired) electrons. The molecule has 0 unspecified atom stereocenters. The van der Waals surface area contributed by atoms with Gasteiger partial charge in [-0.05, 0) is 24.6 Å². The lowest BCUT2D eigenvalue weighted by Crippen LogP contribution is -2.21. The number of halogens is 1. The van der Waals surface area contributed by atoms with E-state index in [1.807, 2.05) is 19.1 Å². The Hall–Kier alpha value is -1.22. The molecule has 1 aromatic rings. The summed E-state index contributed by atoms with van der Waals surface area (Å²) in [4.78, 5) is 3.86. The molecule has 0 aliphatic heterocycles. The largest absolute Gasteiger partial charge is 0.370 e. The summed E-state index contributed by atoms with van der Waals surface area (Å²) in [5.74, 6) is 0.0162. The number of hydrogen-bond acceptors (Lipinski definition) is 1. The van der Waals surface area contributed by atoms with E-state index in [2.05, 4.69) is 4.99 Å². The fourth-order valence-corrected chi connectivity index (χ4v) is 1.01. The van der Waals surface area contributed by atoms with Crippen LogP contribution in [0.25, 0.3) is 0 Å². The van der Waals surface area contributed by atoms with Crippen LogP contribution >= 0.6 is 11.6 Å². The van der Waals surface area contributed by atoms with Crippen molar-refractivity contribution in [1.82, 2.24) is 0 Å². The van der Waals surface area contributed by atoms with E-state index in [0.717, 1.165) is 5.56 Å².